The minimum Gasteiger partial charge on any atom is -0.0885 e. The predicted octanol–water partition coefficient (Wildman–Crippen LogP) is 2.12. The van der Waals surface area contributed by atoms with E-state index in [9.17, 15) is 0 Å². The summed E-state index contributed by atoms with van der Waals surface area (Å²) in [5, 5.41) is 0. The Hall–Kier alpha value is -0.260. The highest BCUT2D eigenvalue weighted by atomic mass is 13.9. The Morgan fingerprint density at radius 2 is 2.50 bits per heavy atom. The summed E-state index contributed by atoms with van der Waals surface area (Å²) in [6.45, 7) is 0. The molecule has 0 spiro atoms. The number of allylic oxidation sites excluding steroid dienone is 2. The van der Waals surface area contributed by atoms with Crippen LogP contribution in [0.5, 0.6) is 0 Å². The number of hydrogen-bond acceptors (Lipinski definition) is 0. The van der Waals surface area contributed by atoms with Crippen molar-refractivity contribution in [3.8, 4) is 0 Å². The summed E-state index contributed by atoms with van der Waals surface area (Å²) in [6, 6.07) is 0. The van der Waals surface area contributed by atoms with Crippen LogP contribution < -0.4 is 0 Å². The second kappa shape index (κ2) is 2.01. The maximum atomic E-state index is 7.24. The second-order valence-corrected chi connectivity index (χ2v) is 1.43. The lowest BCUT2D eigenvalue weighted by Crippen LogP contribution is -1.77. The van der Waals surface area contributed by atoms with Crippen molar-refractivity contribution < 1.29 is 2.74 Å². The predicted molar refractivity (Wildman–Crippen MR) is 27.6 cm³/mol. The van der Waals surface area contributed by atoms with Gasteiger partial charge in [-0.15, -0.1) is 0 Å². The normalized spacial score (nSPS) is 50.7. The molecule has 0 amide bonds. The van der Waals surface area contributed by atoms with Crippen LogP contribution in [0.4, 0.5) is 0 Å². The molecule has 0 saturated heterocycles. The number of rotatable bonds is 0. The van der Waals surface area contributed by atoms with E-state index in [0.29, 0.717) is 0 Å². The first-order valence-corrected chi connectivity index (χ1v) is 2.32. The summed E-state index contributed by atoms with van der Waals surface area (Å²) in [6.07, 6.45) is 5.22. The molecule has 0 heteroatoms. The molecule has 34 valence electrons. The van der Waals surface area contributed by atoms with Gasteiger partial charge in [0.25, 0.3) is 0 Å². The van der Waals surface area contributed by atoms with Gasteiger partial charge in [0.15, 0.2) is 0 Å². The molecular weight excluding hydrogens is 72.1 g/mol. The molecule has 0 aromatic carbocycles. The van der Waals surface area contributed by atoms with Crippen molar-refractivity contribution in [1.29, 1.82) is 0 Å². The van der Waals surface area contributed by atoms with Crippen LogP contribution in [0.15, 0.2) is 12.2 Å². The monoisotopic (exact) mass is 84.1 g/mol. The SMILES string of the molecule is [2H][C@@H]1C=CCC[C@H]1[2H]. The molecule has 0 bridgehead atoms. The van der Waals surface area contributed by atoms with E-state index in [1.165, 1.54) is 0 Å². The van der Waals surface area contributed by atoms with Gasteiger partial charge in [0.1, 0.15) is 0 Å². The van der Waals surface area contributed by atoms with Crippen LogP contribution in [0.3, 0.4) is 0 Å². The van der Waals surface area contributed by atoms with E-state index < -0.39 is 0 Å². The van der Waals surface area contributed by atoms with Crippen molar-refractivity contribution in [2.45, 2.75) is 25.6 Å². The molecule has 1 rings (SSSR count). The fourth-order valence-corrected chi connectivity index (χ4v) is 0.542. The minimum absolute atomic E-state index is 0.167. The molecule has 0 nitrogen and oxygen atoms in total. The Labute approximate surface area is 41.7 Å². The molecule has 1 aliphatic rings. The first kappa shape index (κ1) is 2.15. The fourth-order valence-electron chi connectivity index (χ4n) is 0.542. The van der Waals surface area contributed by atoms with Crippen LogP contribution in [0.2, 0.25) is 0 Å². The molecule has 0 saturated carbocycles. The third kappa shape index (κ3) is 0.852. The van der Waals surface area contributed by atoms with Crippen LogP contribution >= 0.6 is 0 Å². The lowest BCUT2D eigenvalue weighted by molar-refractivity contribution is 0.730. The molecule has 0 unspecified atom stereocenters. The zero-order valence-corrected chi connectivity index (χ0v) is 3.72. The molecule has 0 radical (unpaired) electrons. The average molecular weight is 84.2 g/mol. The highest BCUT2D eigenvalue weighted by molar-refractivity contribution is 4.85. The molecule has 2 atom stereocenters. The zero-order valence-electron chi connectivity index (χ0n) is 5.72. The third-order valence-corrected chi connectivity index (χ3v) is 0.883. The smallest absolute Gasteiger partial charge is 0.0310 e. The first-order chi connectivity index (χ1) is 3.80. The fraction of sp³-hybridized carbons (Fsp3) is 0.667. The van der Waals surface area contributed by atoms with Gasteiger partial charge in [0.2, 0.25) is 0 Å². The van der Waals surface area contributed by atoms with Gasteiger partial charge in [0.05, 0.1) is 0 Å². The number of hydrogen-bond donors (Lipinski definition) is 0. The maximum absolute atomic E-state index is 7.24. The van der Waals surface area contributed by atoms with Gasteiger partial charge in [-0.25, -0.2) is 0 Å². The summed E-state index contributed by atoms with van der Waals surface area (Å²) >= 11 is 0. The Bertz CT molecular complexity index is 98.7. The molecule has 0 aromatic rings. The van der Waals surface area contributed by atoms with Gasteiger partial charge in [-0.2, -0.15) is 0 Å². The third-order valence-electron chi connectivity index (χ3n) is 0.883. The van der Waals surface area contributed by atoms with Gasteiger partial charge in [-0.1, -0.05) is 12.2 Å². The van der Waals surface area contributed by atoms with Crippen LogP contribution in [0.25, 0.3) is 0 Å². The van der Waals surface area contributed by atoms with Crippen molar-refractivity contribution >= 4 is 0 Å². The lowest BCUT2D eigenvalue weighted by Gasteiger charge is -1.97. The van der Waals surface area contributed by atoms with Gasteiger partial charge in [-0.05, 0) is 25.6 Å². The highest BCUT2D eigenvalue weighted by Crippen LogP contribution is 2.07. The van der Waals surface area contributed by atoms with Crippen molar-refractivity contribution in [3.63, 3.8) is 0 Å². The van der Waals surface area contributed by atoms with Gasteiger partial charge < -0.3 is 0 Å². The highest BCUT2D eigenvalue weighted by Gasteiger charge is 1.87. The molecule has 0 N–H and O–H groups in total. The van der Waals surface area contributed by atoms with E-state index in [2.05, 4.69) is 0 Å². The Kier molecular flexibility index (Phi) is 0.722. The van der Waals surface area contributed by atoms with E-state index in [-0.39, 0.29) is 12.8 Å². The standard InChI is InChI=1S/C6H10/c1-2-4-6-5-3-1/h1-2H,3-6H2/i3D,5D/t3-,5+/m1/s1. The van der Waals surface area contributed by atoms with Crippen molar-refractivity contribution in [1.82, 2.24) is 0 Å². The van der Waals surface area contributed by atoms with Gasteiger partial charge in [-0.3, -0.25) is 0 Å². The van der Waals surface area contributed by atoms with E-state index in [0.717, 1.165) is 12.8 Å². The Balaban J connectivity index is 2.47. The summed E-state index contributed by atoms with van der Waals surface area (Å²) in [7, 11) is 0. The van der Waals surface area contributed by atoms with Crippen molar-refractivity contribution in [3.05, 3.63) is 12.2 Å². The van der Waals surface area contributed by atoms with Crippen molar-refractivity contribution in [2.75, 3.05) is 0 Å². The quantitative estimate of drug-likeness (QED) is 0.394. The second-order valence-electron chi connectivity index (χ2n) is 1.43. The molecular formula is C6H10. The van der Waals surface area contributed by atoms with Crippen LogP contribution in [0, 0.1) is 0 Å². The van der Waals surface area contributed by atoms with Crippen molar-refractivity contribution in [2.24, 2.45) is 0 Å². The zero-order chi connectivity index (χ0) is 5.98. The Morgan fingerprint density at radius 3 is 3.00 bits per heavy atom. The largest absolute Gasteiger partial charge is 0.0885 e. The lowest BCUT2D eigenvalue weighted by atomic mass is 10.1. The van der Waals surface area contributed by atoms with E-state index in [4.69, 9.17) is 2.74 Å². The summed E-state index contributed by atoms with van der Waals surface area (Å²) in [4.78, 5) is 0. The molecule has 0 aromatic heterocycles. The molecule has 1 aliphatic carbocycles. The summed E-state index contributed by atoms with van der Waals surface area (Å²) in [5.74, 6) is 0. The molecule has 0 aliphatic heterocycles. The topological polar surface area (TPSA) is 0 Å². The van der Waals surface area contributed by atoms with Crippen LogP contribution in [-0.2, 0) is 0 Å². The van der Waals surface area contributed by atoms with E-state index in [1.54, 1.807) is 6.08 Å². The van der Waals surface area contributed by atoms with Crippen LogP contribution in [-0.4, -0.2) is 0 Å². The molecule has 6 heavy (non-hydrogen) atoms. The molecule has 0 fully saturated rings. The van der Waals surface area contributed by atoms with Gasteiger partial charge in [0, 0.05) is 2.74 Å². The minimum atomic E-state index is -0.260. The molecule has 0 heterocycles. The summed E-state index contributed by atoms with van der Waals surface area (Å²) < 4.78 is 14.4. The van der Waals surface area contributed by atoms with Gasteiger partial charge >= 0.3 is 0 Å². The Morgan fingerprint density at radius 1 is 1.50 bits per heavy atom. The van der Waals surface area contributed by atoms with E-state index in [1.807, 2.05) is 6.08 Å². The first-order valence-electron chi connectivity index (χ1n) is 3.47. The average Bonchev–Trinajstić information content (AvgIpc) is 1.77. The maximum Gasteiger partial charge on any atom is 0.0310 e. The summed E-state index contributed by atoms with van der Waals surface area (Å²) in [5.41, 5.74) is 0. The van der Waals surface area contributed by atoms with E-state index >= 15 is 0 Å². The van der Waals surface area contributed by atoms with Crippen LogP contribution in [0.1, 0.15) is 28.4 Å².